The lowest BCUT2D eigenvalue weighted by atomic mass is 9.74. The van der Waals surface area contributed by atoms with Gasteiger partial charge in [0.05, 0.1) is 0 Å². The maximum absolute atomic E-state index is 5.52. The van der Waals surface area contributed by atoms with Crippen LogP contribution < -0.4 is 5.32 Å². The van der Waals surface area contributed by atoms with Crippen LogP contribution in [0, 0.1) is 12.3 Å². The third kappa shape index (κ3) is 2.78. The Labute approximate surface area is 101 Å². The number of likely N-dealkylation sites (N-methyl/N-ethyl adjacent to an activating group) is 2. The van der Waals surface area contributed by atoms with E-state index in [-0.39, 0.29) is 5.54 Å². The molecule has 1 N–H and O–H groups in total. The van der Waals surface area contributed by atoms with Gasteiger partial charge < -0.3 is 10.2 Å². The summed E-state index contributed by atoms with van der Waals surface area (Å²) in [6.07, 6.45) is 13.0. The van der Waals surface area contributed by atoms with Gasteiger partial charge in [-0.25, -0.2) is 0 Å². The molecule has 0 bridgehead atoms. The maximum Gasteiger partial charge on any atom is 0.0365 e. The average molecular weight is 222 g/mol. The van der Waals surface area contributed by atoms with Crippen LogP contribution >= 0.6 is 0 Å². The normalized spacial score (nSPS) is 21.7. The summed E-state index contributed by atoms with van der Waals surface area (Å²) in [4.78, 5) is 2.40. The first-order chi connectivity index (χ1) is 7.67. The standard InChI is InChI=1S/C14H26N2/c1-5-10-13(15-6-2)14(16(3)4)11-8-7-9-12-14/h1,13,15H,6-12H2,2-4H3. The molecule has 0 amide bonds. The molecule has 2 heteroatoms. The zero-order valence-electron chi connectivity index (χ0n) is 11.1. The van der Waals surface area contributed by atoms with E-state index in [1.54, 1.807) is 0 Å². The molecule has 0 aromatic heterocycles. The molecule has 1 fully saturated rings. The quantitative estimate of drug-likeness (QED) is 0.718. The predicted molar refractivity (Wildman–Crippen MR) is 70.4 cm³/mol. The lowest BCUT2D eigenvalue weighted by molar-refractivity contribution is 0.0593. The third-order valence-corrected chi connectivity index (χ3v) is 4.03. The molecule has 0 aromatic carbocycles. The summed E-state index contributed by atoms with van der Waals surface area (Å²) in [5.41, 5.74) is 0.278. The molecule has 0 aliphatic heterocycles. The molecular weight excluding hydrogens is 196 g/mol. The van der Waals surface area contributed by atoms with E-state index in [0.29, 0.717) is 6.04 Å². The summed E-state index contributed by atoms with van der Waals surface area (Å²) in [7, 11) is 4.40. The van der Waals surface area contributed by atoms with Gasteiger partial charge >= 0.3 is 0 Å². The van der Waals surface area contributed by atoms with Crippen molar-refractivity contribution in [2.24, 2.45) is 0 Å². The molecule has 1 aliphatic rings. The van der Waals surface area contributed by atoms with Crippen molar-refractivity contribution in [2.75, 3.05) is 20.6 Å². The highest BCUT2D eigenvalue weighted by Gasteiger charge is 2.40. The molecule has 0 spiro atoms. The van der Waals surface area contributed by atoms with Crippen molar-refractivity contribution in [3.8, 4) is 12.3 Å². The minimum absolute atomic E-state index is 0.278. The van der Waals surface area contributed by atoms with Gasteiger partial charge in [0.1, 0.15) is 0 Å². The van der Waals surface area contributed by atoms with Gasteiger partial charge in [-0.1, -0.05) is 26.2 Å². The van der Waals surface area contributed by atoms with Gasteiger partial charge in [-0.3, -0.25) is 0 Å². The van der Waals surface area contributed by atoms with E-state index in [1.807, 2.05) is 0 Å². The van der Waals surface area contributed by atoms with Crippen LogP contribution in [-0.4, -0.2) is 37.1 Å². The summed E-state index contributed by atoms with van der Waals surface area (Å²) < 4.78 is 0. The largest absolute Gasteiger partial charge is 0.312 e. The Morgan fingerprint density at radius 1 is 1.31 bits per heavy atom. The van der Waals surface area contributed by atoms with Crippen LogP contribution in [0.3, 0.4) is 0 Å². The fraction of sp³-hybridized carbons (Fsp3) is 0.857. The Bertz CT molecular complexity index is 234. The molecule has 1 saturated carbocycles. The van der Waals surface area contributed by atoms with E-state index in [2.05, 4.69) is 37.2 Å². The Kier molecular flexibility index (Phi) is 5.31. The number of hydrogen-bond donors (Lipinski definition) is 1. The van der Waals surface area contributed by atoms with Gasteiger partial charge in [0, 0.05) is 18.0 Å². The van der Waals surface area contributed by atoms with Crippen LogP contribution in [0.1, 0.15) is 45.4 Å². The smallest absolute Gasteiger partial charge is 0.0365 e. The Hall–Kier alpha value is -0.520. The van der Waals surface area contributed by atoms with Crippen molar-refractivity contribution in [3.63, 3.8) is 0 Å². The summed E-state index contributed by atoms with van der Waals surface area (Å²) in [6, 6.07) is 0.442. The molecular formula is C14H26N2. The highest BCUT2D eigenvalue weighted by molar-refractivity contribution is 5.05. The summed E-state index contributed by atoms with van der Waals surface area (Å²) in [5, 5.41) is 3.59. The zero-order valence-corrected chi connectivity index (χ0v) is 11.1. The van der Waals surface area contributed by atoms with Crippen molar-refractivity contribution in [3.05, 3.63) is 0 Å². The minimum Gasteiger partial charge on any atom is -0.312 e. The number of nitrogens with zero attached hydrogens (tertiary/aromatic N) is 1. The first kappa shape index (κ1) is 13.5. The van der Waals surface area contributed by atoms with Crippen LogP contribution in [0.5, 0.6) is 0 Å². The molecule has 16 heavy (non-hydrogen) atoms. The van der Waals surface area contributed by atoms with E-state index in [0.717, 1.165) is 13.0 Å². The van der Waals surface area contributed by atoms with Crippen LogP contribution in [0.4, 0.5) is 0 Å². The number of terminal acetylenes is 1. The predicted octanol–water partition coefficient (Wildman–Crippen LogP) is 2.25. The van der Waals surface area contributed by atoms with E-state index >= 15 is 0 Å². The molecule has 0 saturated heterocycles. The van der Waals surface area contributed by atoms with Crippen molar-refractivity contribution >= 4 is 0 Å². The van der Waals surface area contributed by atoms with E-state index in [1.165, 1.54) is 32.1 Å². The summed E-state index contributed by atoms with van der Waals surface area (Å²) in [6.45, 7) is 3.16. The molecule has 1 atom stereocenters. The third-order valence-electron chi connectivity index (χ3n) is 4.03. The molecule has 1 rings (SSSR count). The van der Waals surface area contributed by atoms with E-state index in [9.17, 15) is 0 Å². The van der Waals surface area contributed by atoms with Gasteiger partial charge in [-0.2, -0.15) is 0 Å². The highest BCUT2D eigenvalue weighted by Crippen LogP contribution is 2.36. The van der Waals surface area contributed by atoms with Gasteiger partial charge in [-0.15, -0.1) is 12.3 Å². The average Bonchev–Trinajstić information content (AvgIpc) is 2.29. The van der Waals surface area contributed by atoms with Crippen LogP contribution in [0.15, 0.2) is 0 Å². The molecule has 0 heterocycles. The molecule has 2 nitrogen and oxygen atoms in total. The van der Waals surface area contributed by atoms with Gasteiger partial charge in [-0.05, 0) is 33.5 Å². The molecule has 1 aliphatic carbocycles. The minimum atomic E-state index is 0.278. The Balaban J connectivity index is 2.83. The van der Waals surface area contributed by atoms with Crippen molar-refractivity contribution < 1.29 is 0 Å². The van der Waals surface area contributed by atoms with Gasteiger partial charge in [0.2, 0.25) is 0 Å². The van der Waals surface area contributed by atoms with Gasteiger partial charge in [0.15, 0.2) is 0 Å². The second-order valence-electron chi connectivity index (χ2n) is 5.08. The molecule has 1 unspecified atom stereocenters. The first-order valence-electron chi connectivity index (χ1n) is 6.51. The maximum atomic E-state index is 5.52. The van der Waals surface area contributed by atoms with Crippen LogP contribution in [-0.2, 0) is 0 Å². The lowest BCUT2D eigenvalue weighted by Crippen LogP contribution is -2.59. The molecule has 92 valence electrons. The van der Waals surface area contributed by atoms with E-state index < -0.39 is 0 Å². The van der Waals surface area contributed by atoms with Crippen molar-refractivity contribution in [2.45, 2.75) is 57.0 Å². The van der Waals surface area contributed by atoms with Gasteiger partial charge in [0.25, 0.3) is 0 Å². The highest BCUT2D eigenvalue weighted by atomic mass is 15.2. The second-order valence-corrected chi connectivity index (χ2v) is 5.08. The lowest BCUT2D eigenvalue weighted by Gasteiger charge is -2.48. The Morgan fingerprint density at radius 3 is 2.38 bits per heavy atom. The fourth-order valence-corrected chi connectivity index (χ4v) is 3.09. The zero-order chi connectivity index (χ0) is 12.0. The van der Waals surface area contributed by atoms with Crippen LogP contribution in [0.25, 0.3) is 0 Å². The number of nitrogens with one attached hydrogen (secondary N) is 1. The summed E-state index contributed by atoms with van der Waals surface area (Å²) in [5.74, 6) is 2.84. The fourth-order valence-electron chi connectivity index (χ4n) is 3.09. The topological polar surface area (TPSA) is 15.3 Å². The molecule has 0 aromatic rings. The first-order valence-corrected chi connectivity index (χ1v) is 6.51. The number of hydrogen-bond acceptors (Lipinski definition) is 2. The molecule has 0 radical (unpaired) electrons. The Morgan fingerprint density at radius 2 is 1.94 bits per heavy atom. The summed E-state index contributed by atoms with van der Waals surface area (Å²) >= 11 is 0. The van der Waals surface area contributed by atoms with Crippen molar-refractivity contribution in [1.29, 1.82) is 0 Å². The monoisotopic (exact) mass is 222 g/mol. The van der Waals surface area contributed by atoms with Crippen LogP contribution in [0.2, 0.25) is 0 Å². The SMILES string of the molecule is C#CCC(NCC)C1(N(C)C)CCCCC1. The van der Waals surface area contributed by atoms with E-state index in [4.69, 9.17) is 6.42 Å². The number of rotatable bonds is 5. The second kappa shape index (κ2) is 6.27. The van der Waals surface area contributed by atoms with Crippen molar-refractivity contribution in [1.82, 2.24) is 10.2 Å².